The number of rotatable bonds is 1. The summed E-state index contributed by atoms with van der Waals surface area (Å²) in [6.07, 6.45) is 4.94. The van der Waals surface area contributed by atoms with Crippen molar-refractivity contribution in [1.82, 2.24) is 4.98 Å². The Hall–Kier alpha value is -1.67. The normalized spacial score (nSPS) is 16.8. The summed E-state index contributed by atoms with van der Waals surface area (Å²) in [6.45, 7) is 2.03. The first-order chi connectivity index (χ1) is 8.19. The lowest BCUT2D eigenvalue weighted by atomic mass is 9.89. The molecule has 0 atom stereocenters. The number of hydrogen-bond donors (Lipinski definition) is 1. The Bertz CT molecular complexity index is 537. The van der Waals surface area contributed by atoms with Crippen molar-refractivity contribution in [3.8, 4) is 0 Å². The molecule has 2 nitrogen and oxygen atoms in total. The van der Waals surface area contributed by atoms with Crippen LogP contribution in [-0.4, -0.2) is 10.1 Å². The van der Waals surface area contributed by atoms with Gasteiger partial charge in [-0.1, -0.05) is 24.3 Å². The van der Waals surface area contributed by atoms with Gasteiger partial charge in [0.25, 0.3) is 0 Å². The van der Waals surface area contributed by atoms with Crippen molar-refractivity contribution in [1.29, 1.82) is 0 Å². The van der Waals surface area contributed by atoms with E-state index >= 15 is 0 Å². The van der Waals surface area contributed by atoms with E-state index in [2.05, 4.69) is 17.1 Å². The average molecular weight is 225 g/mol. The molecule has 0 fully saturated rings. The Labute approximate surface area is 101 Å². The molecule has 86 valence electrons. The van der Waals surface area contributed by atoms with E-state index in [1.54, 1.807) is 12.4 Å². The lowest BCUT2D eigenvalue weighted by Gasteiger charge is -2.24. The first-order valence-electron chi connectivity index (χ1n) is 5.89. The summed E-state index contributed by atoms with van der Waals surface area (Å²) in [5.74, 6) is 0. The van der Waals surface area contributed by atoms with Crippen molar-refractivity contribution in [2.24, 2.45) is 0 Å². The minimum atomic E-state index is -0.776. The third-order valence-electron chi connectivity index (χ3n) is 3.62. The molecule has 2 aromatic rings. The van der Waals surface area contributed by atoms with E-state index in [-0.39, 0.29) is 0 Å². The number of benzene rings is 1. The first kappa shape index (κ1) is 10.5. The van der Waals surface area contributed by atoms with E-state index in [4.69, 9.17) is 0 Å². The zero-order chi connectivity index (χ0) is 11.9. The van der Waals surface area contributed by atoms with Crippen molar-refractivity contribution in [2.45, 2.75) is 25.4 Å². The van der Waals surface area contributed by atoms with Crippen LogP contribution in [0.5, 0.6) is 0 Å². The zero-order valence-corrected chi connectivity index (χ0v) is 9.85. The van der Waals surface area contributed by atoms with Crippen LogP contribution >= 0.6 is 0 Å². The van der Waals surface area contributed by atoms with E-state index in [1.807, 2.05) is 25.1 Å². The molecule has 0 spiro atoms. The van der Waals surface area contributed by atoms with Crippen LogP contribution in [0.15, 0.2) is 42.7 Å². The van der Waals surface area contributed by atoms with Crippen LogP contribution in [-0.2, 0) is 18.4 Å². The molecule has 1 N–H and O–H groups in total. The first-order valence-corrected chi connectivity index (χ1v) is 5.89. The van der Waals surface area contributed by atoms with E-state index in [1.165, 1.54) is 11.1 Å². The van der Waals surface area contributed by atoms with Gasteiger partial charge in [0.05, 0.1) is 5.60 Å². The summed E-state index contributed by atoms with van der Waals surface area (Å²) < 4.78 is 0. The molecule has 17 heavy (non-hydrogen) atoms. The molecule has 0 saturated carbocycles. The third kappa shape index (κ3) is 1.65. The van der Waals surface area contributed by atoms with Crippen LogP contribution in [0.1, 0.15) is 22.3 Å². The van der Waals surface area contributed by atoms with E-state index in [0.717, 1.165) is 11.1 Å². The minimum Gasteiger partial charge on any atom is -0.384 e. The number of pyridine rings is 1. The fourth-order valence-electron chi connectivity index (χ4n) is 2.74. The fourth-order valence-corrected chi connectivity index (χ4v) is 2.74. The van der Waals surface area contributed by atoms with Gasteiger partial charge in [0.2, 0.25) is 0 Å². The molecule has 1 aromatic heterocycles. The van der Waals surface area contributed by atoms with Gasteiger partial charge in [-0.3, -0.25) is 4.98 Å². The Balaban J connectivity index is 2.05. The molecular formula is C15H15NO. The number of nitrogens with zero attached hydrogens (tertiary/aromatic N) is 1. The van der Waals surface area contributed by atoms with Gasteiger partial charge in [0, 0.05) is 30.8 Å². The lowest BCUT2D eigenvalue weighted by Crippen LogP contribution is -2.27. The predicted molar refractivity (Wildman–Crippen MR) is 66.7 cm³/mol. The monoisotopic (exact) mass is 225 g/mol. The lowest BCUT2D eigenvalue weighted by molar-refractivity contribution is 0.0472. The van der Waals surface area contributed by atoms with Crippen LogP contribution in [0.2, 0.25) is 0 Å². The Morgan fingerprint density at radius 1 is 1.12 bits per heavy atom. The van der Waals surface area contributed by atoms with Gasteiger partial charge >= 0.3 is 0 Å². The van der Waals surface area contributed by atoms with Crippen molar-refractivity contribution in [3.05, 3.63) is 65.0 Å². The molecule has 0 aliphatic heterocycles. The van der Waals surface area contributed by atoms with Crippen LogP contribution in [0.25, 0.3) is 0 Å². The molecule has 1 heterocycles. The molecule has 0 unspecified atom stereocenters. The predicted octanol–water partition coefficient (Wildman–Crippen LogP) is 2.38. The number of aliphatic hydroxyl groups is 1. The smallest absolute Gasteiger partial charge is 0.0994 e. The second-order valence-electron chi connectivity index (χ2n) is 4.84. The largest absolute Gasteiger partial charge is 0.384 e. The van der Waals surface area contributed by atoms with Gasteiger partial charge in [0.1, 0.15) is 0 Å². The van der Waals surface area contributed by atoms with E-state index in [9.17, 15) is 5.11 Å². The summed E-state index contributed by atoms with van der Waals surface area (Å²) in [5.41, 5.74) is 3.78. The zero-order valence-electron chi connectivity index (χ0n) is 9.85. The van der Waals surface area contributed by atoms with Gasteiger partial charge in [-0.25, -0.2) is 0 Å². The van der Waals surface area contributed by atoms with E-state index in [0.29, 0.717) is 12.8 Å². The fraction of sp³-hybridized carbons (Fsp3) is 0.267. The second kappa shape index (κ2) is 3.67. The summed E-state index contributed by atoms with van der Waals surface area (Å²) in [7, 11) is 0. The molecule has 0 bridgehead atoms. The Kier molecular flexibility index (Phi) is 2.26. The number of aromatic nitrogens is 1. The molecule has 0 amide bonds. The van der Waals surface area contributed by atoms with Crippen LogP contribution in [0, 0.1) is 6.92 Å². The highest BCUT2D eigenvalue weighted by Crippen LogP contribution is 2.38. The third-order valence-corrected chi connectivity index (χ3v) is 3.62. The van der Waals surface area contributed by atoms with Crippen LogP contribution in [0.3, 0.4) is 0 Å². The summed E-state index contributed by atoms with van der Waals surface area (Å²) in [6, 6.07) is 10.2. The number of aryl methyl sites for hydroxylation is 1. The van der Waals surface area contributed by atoms with Crippen LogP contribution in [0.4, 0.5) is 0 Å². The molecular weight excluding hydrogens is 210 g/mol. The van der Waals surface area contributed by atoms with Gasteiger partial charge in [-0.2, -0.15) is 0 Å². The maximum atomic E-state index is 10.8. The maximum absolute atomic E-state index is 10.8. The van der Waals surface area contributed by atoms with Gasteiger partial charge in [-0.15, -0.1) is 0 Å². The molecule has 0 radical (unpaired) electrons. The van der Waals surface area contributed by atoms with Gasteiger partial charge in [0.15, 0.2) is 0 Å². The van der Waals surface area contributed by atoms with Crippen molar-refractivity contribution >= 4 is 0 Å². The molecule has 1 aliphatic rings. The maximum Gasteiger partial charge on any atom is 0.0994 e. The minimum absolute atomic E-state index is 0.690. The molecule has 1 aromatic carbocycles. The number of fused-ring (bicyclic) bond motifs is 1. The summed E-state index contributed by atoms with van der Waals surface area (Å²) >= 11 is 0. The quantitative estimate of drug-likeness (QED) is 0.808. The highest BCUT2D eigenvalue weighted by atomic mass is 16.3. The van der Waals surface area contributed by atoms with Gasteiger partial charge < -0.3 is 5.11 Å². The highest BCUT2D eigenvalue weighted by Gasteiger charge is 2.37. The standard InChI is InChI=1S/C15H15NO/c1-11-6-7-16-10-14(11)15(17)8-12-4-2-3-5-13(12)9-15/h2-7,10,17H,8-9H2,1H3. The second-order valence-corrected chi connectivity index (χ2v) is 4.84. The molecule has 2 heteroatoms. The summed E-state index contributed by atoms with van der Waals surface area (Å²) in [5, 5.41) is 10.8. The molecule has 0 saturated heterocycles. The Morgan fingerprint density at radius 3 is 2.35 bits per heavy atom. The van der Waals surface area contributed by atoms with Crippen LogP contribution < -0.4 is 0 Å². The molecule has 3 rings (SSSR count). The Morgan fingerprint density at radius 2 is 1.76 bits per heavy atom. The van der Waals surface area contributed by atoms with E-state index < -0.39 is 5.60 Å². The van der Waals surface area contributed by atoms with Crippen molar-refractivity contribution in [2.75, 3.05) is 0 Å². The highest BCUT2D eigenvalue weighted by molar-refractivity contribution is 5.41. The van der Waals surface area contributed by atoms with Crippen molar-refractivity contribution in [3.63, 3.8) is 0 Å². The average Bonchev–Trinajstić information content (AvgIpc) is 2.66. The summed E-state index contributed by atoms with van der Waals surface area (Å²) in [4.78, 5) is 4.14. The number of hydrogen-bond acceptors (Lipinski definition) is 2. The molecule has 1 aliphatic carbocycles. The van der Waals surface area contributed by atoms with Crippen molar-refractivity contribution < 1.29 is 5.11 Å². The SMILES string of the molecule is Cc1ccncc1C1(O)Cc2ccccc2C1. The van der Waals surface area contributed by atoms with Gasteiger partial charge in [-0.05, 0) is 29.7 Å². The topological polar surface area (TPSA) is 33.1 Å².